The highest BCUT2D eigenvalue weighted by atomic mass is 35.5. The number of unbranched alkanes of at least 4 members (excludes halogenated alkanes) is 1. The lowest BCUT2D eigenvalue weighted by Crippen LogP contribution is -2.41. The van der Waals surface area contributed by atoms with Gasteiger partial charge in [0.05, 0.1) is 12.3 Å². The molecule has 1 aliphatic heterocycles. The Morgan fingerprint density at radius 2 is 1.91 bits per heavy atom. The van der Waals surface area contributed by atoms with Crippen LogP contribution in [-0.4, -0.2) is 47.5 Å². The van der Waals surface area contributed by atoms with E-state index in [0.29, 0.717) is 35.7 Å². The number of nitrogens with zero attached hydrogens (tertiary/aromatic N) is 1. The monoisotopic (exact) mass is 487 g/mol. The maximum absolute atomic E-state index is 12.3. The number of carbonyl (C=O) groups excluding carboxylic acids is 2. The molecule has 0 saturated carbocycles. The molecule has 178 valence electrons. The molecule has 2 amide bonds. The van der Waals surface area contributed by atoms with Gasteiger partial charge in [-0.25, -0.2) is 4.98 Å². The van der Waals surface area contributed by atoms with E-state index in [1.165, 1.54) is 0 Å². The maximum Gasteiger partial charge on any atom is 0.573 e. The molecule has 12 heteroatoms. The Balaban J connectivity index is 1.34. The molecule has 2 aromatic rings. The van der Waals surface area contributed by atoms with Crippen LogP contribution in [-0.2, 0) is 4.79 Å². The number of nitrogens with one attached hydrogen (secondary N) is 2. The van der Waals surface area contributed by atoms with Crippen molar-refractivity contribution in [2.24, 2.45) is 0 Å². The zero-order valence-electron chi connectivity index (χ0n) is 17.2. The van der Waals surface area contributed by atoms with Crippen molar-refractivity contribution in [3.05, 3.63) is 52.8 Å². The first kappa shape index (κ1) is 24.6. The smallest absolute Gasteiger partial charge is 0.480 e. The van der Waals surface area contributed by atoms with Crippen molar-refractivity contribution in [3.8, 4) is 11.5 Å². The molecule has 0 aliphatic carbocycles. The van der Waals surface area contributed by atoms with Gasteiger partial charge in [0.25, 0.3) is 11.8 Å². The summed E-state index contributed by atoms with van der Waals surface area (Å²) in [5, 5.41) is 16.0. The minimum atomic E-state index is -4.83. The van der Waals surface area contributed by atoms with Crippen molar-refractivity contribution in [2.75, 3.05) is 13.1 Å². The molecule has 2 atom stereocenters. The number of fused-ring (bicyclic) bond motifs is 1. The van der Waals surface area contributed by atoms with E-state index in [2.05, 4.69) is 20.4 Å². The fraction of sp³-hybridized carbons (Fsp3) is 0.381. The molecule has 1 aliphatic rings. The minimum absolute atomic E-state index is 0.0487. The number of benzene rings is 1. The highest BCUT2D eigenvalue weighted by molar-refractivity contribution is 6.30. The molecular formula is C21H21ClF3N3O5. The van der Waals surface area contributed by atoms with Crippen LogP contribution in [0.4, 0.5) is 13.2 Å². The molecular weight excluding hydrogens is 467 g/mol. The number of ether oxygens (including phenoxy) is 2. The lowest BCUT2D eigenvalue weighted by molar-refractivity contribution is -0.274. The predicted octanol–water partition coefficient (Wildman–Crippen LogP) is 3.14. The van der Waals surface area contributed by atoms with Crippen molar-refractivity contribution in [2.45, 2.75) is 37.8 Å². The summed E-state index contributed by atoms with van der Waals surface area (Å²) in [5.41, 5.74) is 0.492. The lowest BCUT2D eigenvalue weighted by atomic mass is 9.98. The molecule has 2 heterocycles. The number of alkyl halides is 3. The maximum atomic E-state index is 12.3. The topological polar surface area (TPSA) is 110 Å². The third-order valence-electron chi connectivity index (χ3n) is 4.72. The summed E-state index contributed by atoms with van der Waals surface area (Å²) in [6.45, 7) is 0.615. The first-order chi connectivity index (χ1) is 15.6. The fourth-order valence-electron chi connectivity index (χ4n) is 3.16. The van der Waals surface area contributed by atoms with Gasteiger partial charge in [-0.1, -0.05) is 11.6 Å². The lowest BCUT2D eigenvalue weighted by Gasteiger charge is -2.28. The highest BCUT2D eigenvalue weighted by Crippen LogP contribution is 2.36. The Bertz CT molecular complexity index is 988. The molecule has 3 rings (SSSR count). The number of amides is 2. The summed E-state index contributed by atoms with van der Waals surface area (Å²) < 4.78 is 45.8. The number of halogens is 4. The van der Waals surface area contributed by atoms with E-state index in [4.69, 9.17) is 16.3 Å². The van der Waals surface area contributed by atoms with Crippen LogP contribution in [0.3, 0.4) is 0 Å². The van der Waals surface area contributed by atoms with Gasteiger partial charge in [0, 0.05) is 30.1 Å². The standard InChI is InChI=1S/C21H21ClF3N3O5/c22-12-3-6-17-14(9-12)16(29)10-18(32-17)20(31)27-8-2-1-7-26-19(30)15-5-4-13(11-28-15)33-21(23,24)25/h3-6,9,11,16,18,29H,1-2,7-8,10H2,(H,26,30)(H,27,31)/t16-,18-/m1/s1. The number of hydrogen-bond donors (Lipinski definition) is 3. The van der Waals surface area contributed by atoms with Gasteiger partial charge in [0.15, 0.2) is 6.10 Å². The molecule has 8 nitrogen and oxygen atoms in total. The van der Waals surface area contributed by atoms with Gasteiger partial charge >= 0.3 is 6.36 Å². The molecule has 0 spiro atoms. The van der Waals surface area contributed by atoms with Gasteiger partial charge < -0.3 is 25.2 Å². The van der Waals surface area contributed by atoms with E-state index in [1.807, 2.05) is 0 Å². The second-order valence-corrected chi connectivity index (χ2v) is 7.66. The third kappa shape index (κ3) is 7.22. The molecule has 0 saturated heterocycles. The van der Waals surface area contributed by atoms with Crippen LogP contribution >= 0.6 is 11.6 Å². The number of pyridine rings is 1. The number of aliphatic hydroxyl groups excluding tert-OH is 1. The quantitative estimate of drug-likeness (QED) is 0.493. The van der Waals surface area contributed by atoms with E-state index in [0.717, 1.165) is 18.3 Å². The first-order valence-corrected chi connectivity index (χ1v) is 10.4. The number of carbonyl (C=O) groups is 2. The predicted molar refractivity (Wildman–Crippen MR) is 111 cm³/mol. The van der Waals surface area contributed by atoms with Crippen molar-refractivity contribution in [3.63, 3.8) is 0 Å². The van der Waals surface area contributed by atoms with Crippen molar-refractivity contribution >= 4 is 23.4 Å². The van der Waals surface area contributed by atoms with Crippen LogP contribution in [0.1, 0.15) is 41.4 Å². The van der Waals surface area contributed by atoms with Gasteiger partial charge in [-0.15, -0.1) is 13.2 Å². The molecule has 0 fully saturated rings. The SMILES string of the molecule is O=C(NCCCCNC(=O)[C@H]1C[C@@H](O)c2cc(Cl)ccc2O1)c1ccc(OC(F)(F)F)cn1. The van der Waals surface area contributed by atoms with Crippen LogP contribution in [0, 0.1) is 0 Å². The largest absolute Gasteiger partial charge is 0.573 e. The summed E-state index contributed by atoms with van der Waals surface area (Å²) in [4.78, 5) is 28.0. The van der Waals surface area contributed by atoms with Crippen molar-refractivity contribution in [1.29, 1.82) is 0 Å². The minimum Gasteiger partial charge on any atom is -0.480 e. The van der Waals surface area contributed by atoms with Gasteiger partial charge in [-0.05, 0) is 43.2 Å². The van der Waals surface area contributed by atoms with Gasteiger partial charge in [0.2, 0.25) is 0 Å². The number of rotatable bonds is 8. The van der Waals surface area contributed by atoms with Crippen molar-refractivity contribution < 1.29 is 37.3 Å². The number of hydrogen-bond acceptors (Lipinski definition) is 6. The Morgan fingerprint density at radius 3 is 2.58 bits per heavy atom. The highest BCUT2D eigenvalue weighted by Gasteiger charge is 2.32. The van der Waals surface area contributed by atoms with Crippen LogP contribution in [0.5, 0.6) is 11.5 Å². The average molecular weight is 488 g/mol. The van der Waals surface area contributed by atoms with Gasteiger partial charge in [-0.3, -0.25) is 9.59 Å². The van der Waals surface area contributed by atoms with E-state index < -0.39 is 30.2 Å². The van der Waals surface area contributed by atoms with E-state index >= 15 is 0 Å². The van der Waals surface area contributed by atoms with Crippen LogP contribution in [0.25, 0.3) is 0 Å². The van der Waals surface area contributed by atoms with E-state index in [9.17, 15) is 27.9 Å². The second kappa shape index (κ2) is 10.7. The Morgan fingerprint density at radius 1 is 1.18 bits per heavy atom. The molecule has 1 aromatic carbocycles. The second-order valence-electron chi connectivity index (χ2n) is 7.22. The van der Waals surface area contributed by atoms with Crippen LogP contribution in [0.2, 0.25) is 5.02 Å². The molecule has 0 bridgehead atoms. The van der Waals surface area contributed by atoms with Gasteiger partial charge in [0.1, 0.15) is 17.2 Å². The van der Waals surface area contributed by atoms with Crippen molar-refractivity contribution in [1.82, 2.24) is 15.6 Å². The summed E-state index contributed by atoms with van der Waals surface area (Å²) in [5.74, 6) is -1.01. The van der Waals surface area contributed by atoms with E-state index in [-0.39, 0.29) is 24.6 Å². The zero-order valence-corrected chi connectivity index (χ0v) is 17.9. The van der Waals surface area contributed by atoms with Crippen LogP contribution in [0.15, 0.2) is 36.5 Å². The van der Waals surface area contributed by atoms with Crippen LogP contribution < -0.4 is 20.1 Å². The molecule has 0 unspecified atom stereocenters. The number of aliphatic hydroxyl groups is 1. The molecule has 0 radical (unpaired) electrons. The first-order valence-electron chi connectivity index (χ1n) is 10.0. The third-order valence-corrected chi connectivity index (χ3v) is 4.96. The van der Waals surface area contributed by atoms with Gasteiger partial charge in [-0.2, -0.15) is 0 Å². The summed E-state index contributed by atoms with van der Waals surface area (Å²) in [6, 6.07) is 6.95. The average Bonchev–Trinajstić information content (AvgIpc) is 2.75. The summed E-state index contributed by atoms with van der Waals surface area (Å²) in [6.07, 6.45) is -4.51. The van der Waals surface area contributed by atoms with E-state index in [1.54, 1.807) is 18.2 Å². The summed E-state index contributed by atoms with van der Waals surface area (Å²) in [7, 11) is 0. The number of aromatic nitrogens is 1. The molecule has 1 aromatic heterocycles. The molecule has 3 N–H and O–H groups in total. The molecule has 33 heavy (non-hydrogen) atoms. The fourth-order valence-corrected chi connectivity index (χ4v) is 3.34. The Labute approximate surface area is 192 Å². The Hall–Kier alpha value is -3.05. The zero-order chi connectivity index (χ0) is 24.0. The summed E-state index contributed by atoms with van der Waals surface area (Å²) >= 11 is 5.91. The Kier molecular flexibility index (Phi) is 7.98. The normalized spacial score (nSPS) is 17.5.